The highest BCUT2D eigenvalue weighted by Crippen LogP contribution is 2.25. The fourth-order valence-corrected chi connectivity index (χ4v) is 1.52. The van der Waals surface area contributed by atoms with Gasteiger partial charge in [-0.25, -0.2) is 9.69 Å². The number of allylic oxidation sites excluding steroid dienone is 1. The summed E-state index contributed by atoms with van der Waals surface area (Å²) in [5.41, 5.74) is 0.267. The van der Waals surface area contributed by atoms with E-state index in [1.54, 1.807) is 26.8 Å². The van der Waals surface area contributed by atoms with E-state index in [4.69, 9.17) is 4.74 Å². The van der Waals surface area contributed by atoms with E-state index in [1.807, 2.05) is 13.8 Å². The van der Waals surface area contributed by atoms with E-state index in [1.165, 1.54) is 0 Å². The van der Waals surface area contributed by atoms with Gasteiger partial charge in [-0.15, -0.1) is 0 Å². The third-order valence-corrected chi connectivity index (χ3v) is 2.21. The minimum absolute atomic E-state index is 0.609. The highest BCUT2D eigenvalue weighted by molar-refractivity contribution is 6.01. The summed E-state index contributed by atoms with van der Waals surface area (Å²) < 4.78 is 5.10. The topological polar surface area (TPSA) is 66.8 Å². The molecule has 2 amide bonds. The molecule has 0 aliphatic carbocycles. The lowest BCUT2D eigenvalue weighted by molar-refractivity contribution is -0.159. The average molecular weight is 241 g/mol. The van der Waals surface area contributed by atoms with E-state index in [2.05, 4.69) is 0 Å². The molecule has 0 aromatic rings. The quantitative estimate of drug-likeness (QED) is 0.557. The molecule has 1 saturated heterocycles. The molecule has 5 heteroatoms. The summed E-state index contributed by atoms with van der Waals surface area (Å²) in [4.78, 5) is 24.1. The van der Waals surface area contributed by atoms with Crippen molar-refractivity contribution in [2.45, 2.75) is 52.4 Å². The second-order valence-corrected chi connectivity index (χ2v) is 5.37. The van der Waals surface area contributed by atoms with Gasteiger partial charge in [0.2, 0.25) is 0 Å². The molecule has 2 atom stereocenters. The van der Waals surface area contributed by atoms with Crippen LogP contribution in [0.3, 0.4) is 0 Å². The molecule has 1 N–H and O–H groups in total. The summed E-state index contributed by atoms with van der Waals surface area (Å²) in [7, 11) is 0. The number of amides is 2. The average Bonchev–Trinajstić information content (AvgIpc) is 2.12. The first-order valence-electron chi connectivity index (χ1n) is 5.52. The van der Waals surface area contributed by atoms with Crippen molar-refractivity contribution in [1.82, 2.24) is 4.90 Å². The maximum absolute atomic E-state index is 11.7. The van der Waals surface area contributed by atoms with Gasteiger partial charge in [-0.3, -0.25) is 4.79 Å². The summed E-state index contributed by atoms with van der Waals surface area (Å²) in [6, 6.07) is -0.609. The zero-order valence-electron chi connectivity index (χ0n) is 10.9. The molecular formula is C12H19NO4. The number of imide groups is 1. The van der Waals surface area contributed by atoms with Crippen LogP contribution in [0.15, 0.2) is 11.6 Å². The van der Waals surface area contributed by atoms with Gasteiger partial charge in [-0.05, 0) is 34.6 Å². The van der Waals surface area contributed by atoms with Gasteiger partial charge in [0.1, 0.15) is 5.60 Å². The highest BCUT2D eigenvalue weighted by Gasteiger charge is 2.50. The first kappa shape index (κ1) is 13.7. The van der Waals surface area contributed by atoms with E-state index in [0.29, 0.717) is 0 Å². The number of likely N-dealkylation sites (tertiary alicyclic amines) is 1. The number of ether oxygens (including phenoxy) is 1. The van der Waals surface area contributed by atoms with Gasteiger partial charge < -0.3 is 9.84 Å². The van der Waals surface area contributed by atoms with Crippen LogP contribution in [0.1, 0.15) is 34.6 Å². The number of β-lactam (4-membered cyclic amide) rings is 1. The number of nitrogens with zero attached hydrogens (tertiary/aromatic N) is 1. The second-order valence-electron chi connectivity index (χ2n) is 5.37. The number of rotatable bonds is 1. The van der Waals surface area contributed by atoms with E-state index >= 15 is 0 Å². The third kappa shape index (κ3) is 3.06. The van der Waals surface area contributed by atoms with Gasteiger partial charge in [-0.1, -0.05) is 11.6 Å². The van der Waals surface area contributed by atoms with Crippen molar-refractivity contribution >= 4 is 12.0 Å². The van der Waals surface area contributed by atoms with Gasteiger partial charge >= 0.3 is 6.09 Å². The molecule has 1 rings (SSSR count). The van der Waals surface area contributed by atoms with E-state index in [-0.39, 0.29) is 0 Å². The van der Waals surface area contributed by atoms with Crippen molar-refractivity contribution in [3.63, 3.8) is 0 Å². The fourth-order valence-electron chi connectivity index (χ4n) is 1.52. The summed E-state index contributed by atoms with van der Waals surface area (Å²) in [6.07, 6.45) is -0.177. The first-order chi connectivity index (χ1) is 7.63. The number of hydrogen-bond donors (Lipinski definition) is 1. The number of carbonyl (C=O) groups excluding carboxylic acids is 2. The van der Waals surface area contributed by atoms with Crippen LogP contribution < -0.4 is 0 Å². The Balaban J connectivity index is 2.79. The highest BCUT2D eigenvalue weighted by atomic mass is 16.6. The molecule has 0 bridgehead atoms. The van der Waals surface area contributed by atoms with Gasteiger partial charge in [0.25, 0.3) is 5.91 Å². The fraction of sp³-hybridized carbons (Fsp3) is 0.667. The molecule has 0 unspecified atom stereocenters. The molecule has 17 heavy (non-hydrogen) atoms. The summed E-state index contributed by atoms with van der Waals surface area (Å²) in [6.45, 7) is 8.84. The largest absolute Gasteiger partial charge is 0.443 e. The number of aliphatic hydroxyl groups excluding tert-OH is 1. The van der Waals surface area contributed by atoms with Crippen LogP contribution in [0.4, 0.5) is 4.79 Å². The Morgan fingerprint density at radius 1 is 1.41 bits per heavy atom. The monoisotopic (exact) mass is 241 g/mol. The standard InChI is InChI=1S/C12H19NO4/c1-7(2)6-8-9(14)10(15)13(8)11(16)17-12(3,4)5/h6,8-9,14H,1-5H3/t8-,9+/m0/s1. The Kier molecular flexibility index (Phi) is 3.62. The Morgan fingerprint density at radius 2 is 1.94 bits per heavy atom. The number of hydrogen-bond acceptors (Lipinski definition) is 4. The molecule has 1 aliphatic rings. The zero-order chi connectivity index (χ0) is 13.4. The van der Waals surface area contributed by atoms with Crippen LogP contribution in [-0.2, 0) is 9.53 Å². The lowest BCUT2D eigenvalue weighted by atomic mass is 9.97. The number of aliphatic hydroxyl groups is 1. The van der Waals surface area contributed by atoms with Crippen molar-refractivity contribution < 1.29 is 19.4 Å². The predicted octanol–water partition coefficient (Wildman–Crippen LogP) is 1.46. The van der Waals surface area contributed by atoms with E-state index in [9.17, 15) is 14.7 Å². The van der Waals surface area contributed by atoms with Crippen molar-refractivity contribution in [2.24, 2.45) is 0 Å². The number of carbonyl (C=O) groups is 2. The minimum atomic E-state index is -1.14. The maximum Gasteiger partial charge on any atom is 0.417 e. The molecule has 96 valence electrons. The summed E-state index contributed by atoms with van der Waals surface area (Å²) in [5, 5.41) is 9.50. The van der Waals surface area contributed by atoms with Crippen LogP contribution in [0.25, 0.3) is 0 Å². The van der Waals surface area contributed by atoms with Crippen LogP contribution in [-0.4, -0.2) is 39.8 Å². The smallest absolute Gasteiger partial charge is 0.417 e. The third-order valence-electron chi connectivity index (χ3n) is 2.21. The van der Waals surface area contributed by atoms with Crippen molar-refractivity contribution in [2.75, 3.05) is 0 Å². The van der Waals surface area contributed by atoms with Crippen LogP contribution in [0.5, 0.6) is 0 Å². The Bertz CT molecular complexity index is 363. The van der Waals surface area contributed by atoms with Gasteiger partial charge in [-0.2, -0.15) is 0 Å². The van der Waals surface area contributed by atoms with Gasteiger partial charge in [0.15, 0.2) is 6.10 Å². The van der Waals surface area contributed by atoms with Gasteiger partial charge in [0.05, 0.1) is 6.04 Å². The molecule has 1 fully saturated rings. The normalized spacial score (nSPS) is 24.1. The van der Waals surface area contributed by atoms with Crippen LogP contribution in [0, 0.1) is 0 Å². The van der Waals surface area contributed by atoms with Crippen molar-refractivity contribution in [3.8, 4) is 0 Å². The summed E-state index contributed by atoms with van der Waals surface area (Å²) in [5.74, 6) is -0.609. The molecule has 0 aromatic carbocycles. The van der Waals surface area contributed by atoms with Crippen LogP contribution in [0.2, 0.25) is 0 Å². The Labute approximate surface area is 101 Å². The minimum Gasteiger partial charge on any atom is -0.443 e. The summed E-state index contributed by atoms with van der Waals surface area (Å²) >= 11 is 0. The SMILES string of the molecule is CC(C)=C[C@H]1[C@@H](O)C(=O)N1C(=O)OC(C)(C)C. The van der Waals surface area contributed by atoms with E-state index < -0.39 is 29.7 Å². The van der Waals surface area contributed by atoms with Crippen molar-refractivity contribution in [3.05, 3.63) is 11.6 Å². The zero-order valence-corrected chi connectivity index (χ0v) is 10.9. The molecule has 0 spiro atoms. The maximum atomic E-state index is 11.7. The molecular weight excluding hydrogens is 222 g/mol. The van der Waals surface area contributed by atoms with Crippen molar-refractivity contribution in [1.29, 1.82) is 0 Å². The Hall–Kier alpha value is -1.36. The lowest BCUT2D eigenvalue weighted by Crippen LogP contribution is -2.66. The molecule has 5 nitrogen and oxygen atoms in total. The lowest BCUT2D eigenvalue weighted by Gasteiger charge is -2.41. The molecule has 0 aromatic heterocycles. The van der Waals surface area contributed by atoms with E-state index in [0.717, 1.165) is 10.5 Å². The first-order valence-corrected chi connectivity index (χ1v) is 5.52. The molecule has 0 radical (unpaired) electrons. The predicted molar refractivity (Wildman–Crippen MR) is 62.3 cm³/mol. The molecule has 0 saturated carbocycles. The second kappa shape index (κ2) is 4.49. The molecule has 1 heterocycles. The Morgan fingerprint density at radius 3 is 2.35 bits per heavy atom. The van der Waals surface area contributed by atoms with Crippen LogP contribution >= 0.6 is 0 Å². The molecule has 1 aliphatic heterocycles. The van der Waals surface area contributed by atoms with Gasteiger partial charge in [0, 0.05) is 0 Å².